The number of amides is 1. The SMILES string of the molecule is COc1cncc(/C(N)=C/N(N)c2cc(C(=O)Nc3cc(C(C)(C)C)cc(N[S+](C)(=O)O)c3OC)ccc2C)c1. The normalized spacial score (nSPS) is 13.3. The highest BCUT2D eigenvalue weighted by atomic mass is 32.3. The van der Waals surface area contributed by atoms with Gasteiger partial charge in [-0.3, -0.25) is 14.8 Å². The van der Waals surface area contributed by atoms with Crippen molar-refractivity contribution in [3.63, 3.8) is 0 Å². The van der Waals surface area contributed by atoms with Gasteiger partial charge in [-0.15, -0.1) is 0 Å². The molecule has 3 aromatic rings. The molecule has 40 heavy (non-hydrogen) atoms. The molecule has 0 aliphatic heterocycles. The number of aryl methyl sites for hydroxylation is 1. The molecule has 0 saturated carbocycles. The van der Waals surface area contributed by atoms with Gasteiger partial charge in [0.15, 0.2) is 12.0 Å². The molecular formula is C28H37N6O5S+. The van der Waals surface area contributed by atoms with Crippen molar-refractivity contribution >= 4 is 39.1 Å². The third-order valence-electron chi connectivity index (χ3n) is 6.02. The van der Waals surface area contributed by atoms with Gasteiger partial charge in [-0.1, -0.05) is 26.8 Å². The number of nitrogens with two attached hydrogens (primary N) is 2. The van der Waals surface area contributed by atoms with Crippen LogP contribution in [0.3, 0.4) is 0 Å². The maximum Gasteiger partial charge on any atom is 0.307 e. The van der Waals surface area contributed by atoms with Crippen LogP contribution in [0.5, 0.6) is 11.5 Å². The fourth-order valence-electron chi connectivity index (χ4n) is 3.86. The first-order valence-electron chi connectivity index (χ1n) is 12.3. The van der Waals surface area contributed by atoms with Crippen LogP contribution < -0.4 is 36.1 Å². The van der Waals surface area contributed by atoms with Crippen molar-refractivity contribution in [3.8, 4) is 11.5 Å². The van der Waals surface area contributed by atoms with Gasteiger partial charge >= 0.3 is 10.4 Å². The number of nitrogens with one attached hydrogen (secondary N) is 2. The number of aromatic nitrogens is 1. The zero-order chi connectivity index (χ0) is 29.8. The van der Waals surface area contributed by atoms with Gasteiger partial charge in [0.05, 0.1) is 37.5 Å². The Morgan fingerprint density at radius 3 is 2.35 bits per heavy atom. The van der Waals surface area contributed by atoms with Gasteiger partial charge in [0.1, 0.15) is 11.4 Å². The summed E-state index contributed by atoms with van der Waals surface area (Å²) in [6.07, 6.45) is 5.85. The van der Waals surface area contributed by atoms with Gasteiger partial charge in [-0.2, -0.15) is 9.27 Å². The Morgan fingerprint density at radius 1 is 1.07 bits per heavy atom. The van der Waals surface area contributed by atoms with Crippen LogP contribution >= 0.6 is 0 Å². The highest BCUT2D eigenvalue weighted by Gasteiger charge is 2.26. The Balaban J connectivity index is 1.97. The Morgan fingerprint density at radius 2 is 1.75 bits per heavy atom. The van der Waals surface area contributed by atoms with Gasteiger partial charge in [0.25, 0.3) is 5.91 Å². The Labute approximate surface area is 235 Å². The molecule has 1 unspecified atom stereocenters. The molecule has 0 saturated heterocycles. The van der Waals surface area contributed by atoms with E-state index in [1.54, 1.807) is 48.8 Å². The lowest BCUT2D eigenvalue weighted by Gasteiger charge is -2.23. The first-order valence-corrected chi connectivity index (χ1v) is 14.2. The summed E-state index contributed by atoms with van der Waals surface area (Å²) < 4.78 is 35.4. The second-order valence-corrected chi connectivity index (χ2v) is 12.1. The molecule has 3 rings (SSSR count). The summed E-state index contributed by atoms with van der Waals surface area (Å²) in [5.41, 5.74) is 10.0. The second kappa shape index (κ2) is 11.9. The number of hydrogen-bond acceptors (Lipinski definition) is 8. The number of hydrazine groups is 1. The molecule has 1 aromatic heterocycles. The first kappa shape index (κ1) is 30.4. The third kappa shape index (κ3) is 7.50. The number of carbonyl (C=O) groups excluding carboxylic acids is 1. The summed E-state index contributed by atoms with van der Waals surface area (Å²) in [6.45, 7) is 7.85. The average Bonchev–Trinajstić information content (AvgIpc) is 2.87. The van der Waals surface area contributed by atoms with Crippen molar-refractivity contribution in [1.29, 1.82) is 0 Å². The van der Waals surface area contributed by atoms with Crippen molar-refractivity contribution in [2.45, 2.75) is 33.1 Å². The van der Waals surface area contributed by atoms with Crippen LogP contribution in [0.15, 0.2) is 55.0 Å². The highest BCUT2D eigenvalue weighted by molar-refractivity contribution is 7.98. The molecule has 7 N–H and O–H groups in total. The largest absolute Gasteiger partial charge is 0.495 e. The van der Waals surface area contributed by atoms with Crippen molar-refractivity contribution in [3.05, 3.63) is 77.2 Å². The van der Waals surface area contributed by atoms with Crippen molar-refractivity contribution in [2.75, 3.05) is 35.5 Å². The predicted molar refractivity (Wildman–Crippen MR) is 161 cm³/mol. The van der Waals surface area contributed by atoms with E-state index < -0.39 is 16.3 Å². The van der Waals surface area contributed by atoms with Crippen molar-refractivity contribution in [1.82, 2.24) is 4.98 Å². The number of anilines is 3. The van der Waals surface area contributed by atoms with Crippen LogP contribution in [-0.4, -0.2) is 35.9 Å². The standard InChI is InChI=1S/C28H36N6O5S/c1-17-8-9-18(11-25(17)34(30)16-22(29)19-10-21(38-5)15-31-14-19)27(35)32-23-12-20(28(2,3)4)13-24(26(23)39-6)33-40(7,36)37/h8-16H,29-30H2,1-7H3,(H2-,32,33,35,36,37)/p+1/b22-16-. The number of hydrogen-bond donors (Lipinski definition) is 5. The molecule has 1 atom stereocenters. The van der Waals surface area contributed by atoms with E-state index in [1.807, 2.05) is 27.7 Å². The smallest absolute Gasteiger partial charge is 0.307 e. The molecule has 12 heteroatoms. The molecule has 0 fully saturated rings. The van der Waals surface area contributed by atoms with Gasteiger partial charge in [0.2, 0.25) is 0 Å². The van der Waals surface area contributed by atoms with E-state index in [0.717, 1.165) is 17.4 Å². The predicted octanol–water partition coefficient (Wildman–Crippen LogP) is 4.52. The maximum absolute atomic E-state index is 13.4. The lowest BCUT2D eigenvalue weighted by Crippen LogP contribution is -2.27. The lowest BCUT2D eigenvalue weighted by atomic mass is 9.86. The number of pyridine rings is 1. The topological polar surface area (TPSA) is 165 Å². The van der Waals surface area contributed by atoms with E-state index in [2.05, 4.69) is 15.0 Å². The number of ether oxygens (including phenoxy) is 2. The van der Waals surface area contributed by atoms with Crippen molar-refractivity contribution in [2.24, 2.45) is 11.6 Å². The van der Waals surface area contributed by atoms with Crippen LogP contribution in [0.2, 0.25) is 0 Å². The van der Waals surface area contributed by atoms with E-state index in [4.69, 9.17) is 21.1 Å². The summed E-state index contributed by atoms with van der Waals surface area (Å²) >= 11 is 0. The van der Waals surface area contributed by atoms with E-state index >= 15 is 0 Å². The average molecular weight is 570 g/mol. The number of rotatable bonds is 9. The minimum Gasteiger partial charge on any atom is -0.495 e. The maximum atomic E-state index is 13.4. The van der Waals surface area contributed by atoms with Crippen LogP contribution in [0.25, 0.3) is 5.70 Å². The fourth-order valence-corrected chi connectivity index (χ4v) is 4.42. The molecule has 1 heterocycles. The third-order valence-corrected chi connectivity index (χ3v) is 6.62. The van der Waals surface area contributed by atoms with Gasteiger partial charge in [0, 0.05) is 23.5 Å². The van der Waals surface area contributed by atoms with E-state index in [9.17, 15) is 13.6 Å². The highest BCUT2D eigenvalue weighted by Crippen LogP contribution is 2.39. The number of benzene rings is 2. The Bertz CT molecular complexity index is 1480. The van der Waals surface area contributed by atoms with Gasteiger partial charge < -0.3 is 20.5 Å². The molecule has 0 aliphatic rings. The van der Waals surface area contributed by atoms with Crippen LogP contribution in [0.4, 0.5) is 17.1 Å². The monoisotopic (exact) mass is 569 g/mol. The molecule has 0 bridgehead atoms. The Kier molecular flexibility index (Phi) is 9.08. The zero-order valence-corrected chi connectivity index (χ0v) is 24.6. The summed E-state index contributed by atoms with van der Waals surface area (Å²) in [5.74, 6) is 6.68. The molecule has 0 spiro atoms. The molecule has 0 radical (unpaired) electrons. The van der Waals surface area contributed by atoms with Crippen LogP contribution in [0, 0.1) is 6.92 Å². The molecule has 1 amide bonds. The van der Waals surface area contributed by atoms with Gasteiger partial charge in [-0.25, -0.2) is 5.84 Å². The summed E-state index contributed by atoms with van der Waals surface area (Å²) in [7, 11) is -0.401. The van der Waals surface area contributed by atoms with Crippen molar-refractivity contribution < 1.29 is 23.0 Å². The quantitative estimate of drug-likeness (QED) is 0.141. The molecule has 11 nitrogen and oxygen atoms in total. The second-order valence-electron chi connectivity index (χ2n) is 10.3. The zero-order valence-electron chi connectivity index (χ0n) is 23.7. The van der Waals surface area contributed by atoms with E-state index in [0.29, 0.717) is 33.9 Å². The summed E-state index contributed by atoms with van der Waals surface area (Å²) in [5, 5.41) is 4.22. The molecule has 0 aliphatic carbocycles. The van der Waals surface area contributed by atoms with Crippen LogP contribution in [-0.2, 0) is 20.0 Å². The molecule has 214 valence electrons. The summed E-state index contributed by atoms with van der Waals surface area (Å²) in [4.78, 5) is 17.5. The minimum atomic E-state index is -3.36. The first-order chi connectivity index (χ1) is 18.6. The minimum absolute atomic E-state index is 0.223. The van der Waals surface area contributed by atoms with E-state index in [1.165, 1.54) is 25.4 Å². The van der Waals surface area contributed by atoms with Crippen LogP contribution in [0.1, 0.15) is 47.8 Å². The summed E-state index contributed by atoms with van der Waals surface area (Å²) in [6, 6.07) is 10.3. The lowest BCUT2D eigenvalue weighted by molar-refractivity contribution is 0.102. The van der Waals surface area contributed by atoms with Gasteiger partial charge in [-0.05, 0) is 58.0 Å². The number of methoxy groups -OCH3 is 2. The Hall–Kier alpha value is -4.13. The molecular weight excluding hydrogens is 532 g/mol. The number of nitrogens with zero attached hydrogens (tertiary/aromatic N) is 2. The fraction of sp³-hybridized carbons (Fsp3) is 0.286. The molecule has 2 aromatic carbocycles. The number of carbonyl (C=O) groups is 1. The van der Waals surface area contributed by atoms with E-state index in [-0.39, 0.29) is 16.9 Å².